The number of hydrogen-bond donors (Lipinski definition) is 2. The van der Waals surface area contributed by atoms with Crippen molar-refractivity contribution in [3.63, 3.8) is 0 Å². The minimum absolute atomic E-state index is 0. The van der Waals surface area contributed by atoms with Crippen molar-refractivity contribution in [2.45, 2.75) is 70.5 Å². The molecule has 0 radical (unpaired) electrons. The Balaban J connectivity index is 0.00000324. The molecule has 0 saturated heterocycles. The van der Waals surface area contributed by atoms with Crippen LogP contribution in [-0.4, -0.2) is 35.7 Å². The maximum absolute atomic E-state index is 13.6. The van der Waals surface area contributed by atoms with Crippen molar-refractivity contribution in [1.29, 1.82) is 0 Å². The van der Waals surface area contributed by atoms with Crippen LogP contribution in [0.3, 0.4) is 0 Å². The SMILES string of the molecule is Cc1ccc(CN2C(=O)[C@@H](N[C@@H](CCC3CCCCC3)C(=O)O)COc3ccccc32)cc1.Cl. The number of carboxylic acids is 1. The number of carbonyl (C=O) groups is 2. The molecule has 2 aliphatic rings. The predicted octanol–water partition coefficient (Wildman–Crippen LogP) is 5.11. The molecule has 2 atom stereocenters. The maximum atomic E-state index is 13.6. The van der Waals surface area contributed by atoms with Gasteiger partial charge in [0, 0.05) is 0 Å². The Morgan fingerprint density at radius 1 is 1.12 bits per heavy atom. The van der Waals surface area contributed by atoms with Crippen molar-refractivity contribution in [2.75, 3.05) is 11.5 Å². The number of fused-ring (bicyclic) bond motifs is 1. The second kappa shape index (κ2) is 12.2. The molecule has 2 N–H and O–H groups in total. The van der Waals surface area contributed by atoms with Crippen LogP contribution in [0, 0.1) is 12.8 Å². The minimum atomic E-state index is -0.912. The number of carbonyl (C=O) groups excluding carboxylic acids is 1. The summed E-state index contributed by atoms with van der Waals surface area (Å²) < 4.78 is 5.98. The summed E-state index contributed by atoms with van der Waals surface area (Å²) >= 11 is 0. The number of ether oxygens (including phenoxy) is 1. The van der Waals surface area contributed by atoms with Gasteiger partial charge in [-0.2, -0.15) is 0 Å². The summed E-state index contributed by atoms with van der Waals surface area (Å²) in [6.45, 7) is 2.54. The highest BCUT2D eigenvalue weighted by Crippen LogP contribution is 2.33. The Kier molecular flexibility index (Phi) is 9.36. The van der Waals surface area contributed by atoms with Crippen LogP contribution >= 0.6 is 12.4 Å². The minimum Gasteiger partial charge on any atom is -0.489 e. The van der Waals surface area contributed by atoms with Crippen LogP contribution in [-0.2, 0) is 16.1 Å². The van der Waals surface area contributed by atoms with Gasteiger partial charge in [0.15, 0.2) is 0 Å². The van der Waals surface area contributed by atoms with Crippen LogP contribution in [0.2, 0.25) is 0 Å². The quantitative estimate of drug-likeness (QED) is 0.541. The molecule has 1 aliphatic carbocycles. The second-order valence-electron chi connectivity index (χ2n) is 9.38. The van der Waals surface area contributed by atoms with Gasteiger partial charge >= 0.3 is 5.97 Å². The van der Waals surface area contributed by atoms with Crippen LogP contribution in [0.25, 0.3) is 0 Å². The fourth-order valence-electron chi connectivity index (χ4n) is 4.91. The first-order valence-electron chi connectivity index (χ1n) is 12.1. The fraction of sp³-hybridized carbons (Fsp3) is 0.481. The Labute approximate surface area is 208 Å². The van der Waals surface area contributed by atoms with Crippen molar-refractivity contribution in [2.24, 2.45) is 5.92 Å². The Morgan fingerprint density at radius 3 is 2.53 bits per heavy atom. The summed E-state index contributed by atoms with van der Waals surface area (Å²) in [7, 11) is 0. The number of anilines is 1. The molecule has 1 heterocycles. The van der Waals surface area contributed by atoms with E-state index in [2.05, 4.69) is 5.32 Å². The number of halogens is 1. The van der Waals surface area contributed by atoms with Crippen molar-refractivity contribution in [3.8, 4) is 5.75 Å². The van der Waals surface area contributed by atoms with Gasteiger partial charge in [-0.25, -0.2) is 0 Å². The standard InChI is InChI=1S/C27H34N2O4.ClH/c1-19-11-13-21(14-12-19)17-29-24-9-5-6-10-25(24)33-18-23(26(29)30)28-22(27(31)32)16-15-20-7-3-2-4-8-20;/h5-6,9-14,20,22-23,28H,2-4,7-8,15-18H2,1H3,(H,31,32);1H/t22-,23-;/m0./s1. The molecule has 2 aromatic rings. The van der Waals surface area contributed by atoms with Gasteiger partial charge in [-0.15, -0.1) is 12.4 Å². The first-order valence-corrected chi connectivity index (χ1v) is 12.1. The average Bonchev–Trinajstić information content (AvgIpc) is 2.95. The molecule has 184 valence electrons. The number of rotatable bonds is 8. The molecule has 7 heteroatoms. The molecular weight excluding hydrogens is 452 g/mol. The number of nitrogens with zero attached hydrogens (tertiary/aromatic N) is 1. The van der Waals surface area contributed by atoms with Crippen LogP contribution in [0.5, 0.6) is 5.75 Å². The third-order valence-corrected chi connectivity index (χ3v) is 6.88. The van der Waals surface area contributed by atoms with Gasteiger partial charge in [0.05, 0.1) is 12.2 Å². The number of nitrogens with one attached hydrogen (secondary N) is 1. The molecule has 6 nitrogen and oxygen atoms in total. The van der Waals surface area contributed by atoms with E-state index in [-0.39, 0.29) is 24.9 Å². The van der Waals surface area contributed by atoms with Gasteiger partial charge < -0.3 is 14.7 Å². The zero-order chi connectivity index (χ0) is 23.2. The summed E-state index contributed by atoms with van der Waals surface area (Å²) in [5.74, 6) is 0.150. The van der Waals surface area contributed by atoms with Gasteiger partial charge in [-0.1, -0.05) is 74.1 Å². The lowest BCUT2D eigenvalue weighted by Gasteiger charge is -2.28. The highest BCUT2D eigenvalue weighted by molar-refractivity contribution is 5.99. The first kappa shape index (κ1) is 26.0. The molecule has 1 fully saturated rings. The van der Waals surface area contributed by atoms with E-state index in [1.54, 1.807) is 4.90 Å². The van der Waals surface area contributed by atoms with E-state index < -0.39 is 18.1 Å². The fourth-order valence-corrected chi connectivity index (χ4v) is 4.91. The predicted molar refractivity (Wildman–Crippen MR) is 136 cm³/mol. The Bertz CT molecular complexity index is 959. The molecule has 0 unspecified atom stereocenters. The van der Waals surface area contributed by atoms with E-state index in [1.807, 2.05) is 55.5 Å². The molecule has 1 saturated carbocycles. The normalized spacial score (nSPS) is 19.4. The van der Waals surface area contributed by atoms with Crippen LogP contribution in [0.15, 0.2) is 48.5 Å². The Morgan fingerprint density at radius 2 is 1.82 bits per heavy atom. The van der Waals surface area contributed by atoms with Crippen LogP contribution in [0.1, 0.15) is 56.1 Å². The summed E-state index contributed by atoms with van der Waals surface area (Å²) in [6, 6.07) is 14.1. The number of para-hydroxylation sites is 2. The topological polar surface area (TPSA) is 78.9 Å². The zero-order valence-corrected chi connectivity index (χ0v) is 20.6. The lowest BCUT2D eigenvalue weighted by molar-refractivity contribution is -0.140. The van der Waals surface area contributed by atoms with Gasteiger partial charge in [0.1, 0.15) is 24.4 Å². The van der Waals surface area contributed by atoms with E-state index in [0.29, 0.717) is 30.3 Å². The van der Waals surface area contributed by atoms with Crippen molar-refractivity contribution >= 4 is 30.0 Å². The smallest absolute Gasteiger partial charge is 0.320 e. The van der Waals surface area contributed by atoms with E-state index in [1.165, 1.54) is 32.1 Å². The number of benzene rings is 2. The monoisotopic (exact) mass is 486 g/mol. The summed E-state index contributed by atoms with van der Waals surface area (Å²) in [6.07, 6.45) is 7.50. The number of amides is 1. The molecule has 1 aliphatic heterocycles. The summed E-state index contributed by atoms with van der Waals surface area (Å²) in [5.41, 5.74) is 2.88. The third kappa shape index (κ3) is 6.51. The molecule has 4 rings (SSSR count). The summed E-state index contributed by atoms with van der Waals surface area (Å²) in [4.78, 5) is 27.4. The van der Waals surface area contributed by atoms with Crippen molar-refractivity contribution < 1.29 is 19.4 Å². The van der Waals surface area contributed by atoms with Crippen LogP contribution < -0.4 is 15.0 Å². The lowest BCUT2D eigenvalue weighted by Crippen LogP contribution is -2.53. The highest BCUT2D eigenvalue weighted by Gasteiger charge is 2.34. The van der Waals surface area contributed by atoms with E-state index in [9.17, 15) is 14.7 Å². The third-order valence-electron chi connectivity index (χ3n) is 6.88. The van der Waals surface area contributed by atoms with Gasteiger partial charge in [0.2, 0.25) is 5.91 Å². The van der Waals surface area contributed by atoms with Crippen LogP contribution in [0.4, 0.5) is 5.69 Å². The Hall–Kier alpha value is -2.57. The number of carboxylic acid groups (broad SMARTS) is 1. The van der Waals surface area contributed by atoms with Crippen molar-refractivity contribution in [1.82, 2.24) is 5.32 Å². The molecule has 1 amide bonds. The highest BCUT2D eigenvalue weighted by atomic mass is 35.5. The summed E-state index contributed by atoms with van der Waals surface area (Å²) in [5, 5.41) is 13.0. The van der Waals surface area contributed by atoms with Gasteiger partial charge in [0.25, 0.3) is 0 Å². The largest absolute Gasteiger partial charge is 0.489 e. The molecule has 0 spiro atoms. The molecule has 0 bridgehead atoms. The van der Waals surface area contributed by atoms with E-state index >= 15 is 0 Å². The van der Waals surface area contributed by atoms with E-state index in [4.69, 9.17) is 4.74 Å². The first-order chi connectivity index (χ1) is 16.0. The maximum Gasteiger partial charge on any atom is 0.320 e. The number of hydrogen-bond acceptors (Lipinski definition) is 4. The molecule has 2 aromatic carbocycles. The zero-order valence-electron chi connectivity index (χ0n) is 19.7. The lowest BCUT2D eigenvalue weighted by atomic mass is 9.85. The van der Waals surface area contributed by atoms with E-state index in [0.717, 1.165) is 17.5 Å². The average molecular weight is 487 g/mol. The molecular formula is C27H35ClN2O4. The van der Waals surface area contributed by atoms with Crippen molar-refractivity contribution in [3.05, 3.63) is 59.7 Å². The van der Waals surface area contributed by atoms with Gasteiger partial charge in [-0.3, -0.25) is 14.9 Å². The second-order valence-corrected chi connectivity index (χ2v) is 9.38. The van der Waals surface area contributed by atoms with Gasteiger partial charge in [-0.05, 0) is 43.4 Å². The molecule has 0 aromatic heterocycles. The molecule has 34 heavy (non-hydrogen) atoms. The number of aliphatic carboxylic acids is 1. The number of aryl methyl sites for hydroxylation is 1.